The van der Waals surface area contributed by atoms with Gasteiger partial charge < -0.3 is 19.6 Å². The van der Waals surface area contributed by atoms with E-state index in [0.29, 0.717) is 19.0 Å². The Morgan fingerprint density at radius 2 is 2.00 bits per heavy atom. The maximum Gasteiger partial charge on any atom is 0.129 e. The molecule has 19 heavy (non-hydrogen) atoms. The van der Waals surface area contributed by atoms with Crippen LogP contribution >= 0.6 is 0 Å². The number of aromatic hydroxyl groups is 1. The monoisotopic (exact) mass is 261 g/mol. The SMILES string of the molecule is Oc1ccc(CNCCCOCc2ccco2)cc1. The minimum atomic E-state index is 0.301. The average Bonchev–Trinajstić information content (AvgIpc) is 2.93. The molecular weight excluding hydrogens is 242 g/mol. The van der Waals surface area contributed by atoms with Gasteiger partial charge in [-0.15, -0.1) is 0 Å². The van der Waals surface area contributed by atoms with Gasteiger partial charge in [0, 0.05) is 13.2 Å². The van der Waals surface area contributed by atoms with Crippen LogP contribution in [0.5, 0.6) is 5.75 Å². The normalized spacial score (nSPS) is 10.7. The van der Waals surface area contributed by atoms with E-state index in [4.69, 9.17) is 14.3 Å². The van der Waals surface area contributed by atoms with E-state index < -0.39 is 0 Å². The van der Waals surface area contributed by atoms with Crippen LogP contribution in [0.2, 0.25) is 0 Å². The van der Waals surface area contributed by atoms with E-state index in [1.807, 2.05) is 24.3 Å². The van der Waals surface area contributed by atoms with Gasteiger partial charge in [0.05, 0.1) is 6.26 Å². The minimum absolute atomic E-state index is 0.301. The van der Waals surface area contributed by atoms with E-state index in [9.17, 15) is 0 Å². The highest BCUT2D eigenvalue weighted by Gasteiger charge is 1.96. The molecule has 1 aromatic heterocycles. The average molecular weight is 261 g/mol. The van der Waals surface area contributed by atoms with E-state index in [0.717, 1.165) is 30.8 Å². The van der Waals surface area contributed by atoms with Crippen molar-refractivity contribution in [3.63, 3.8) is 0 Å². The summed E-state index contributed by atoms with van der Waals surface area (Å²) in [4.78, 5) is 0. The fourth-order valence-electron chi connectivity index (χ4n) is 1.71. The molecule has 0 bridgehead atoms. The number of phenolic OH excluding ortho intramolecular Hbond substituents is 1. The van der Waals surface area contributed by atoms with Crippen LogP contribution in [0.1, 0.15) is 17.7 Å². The van der Waals surface area contributed by atoms with Crippen LogP contribution in [0.3, 0.4) is 0 Å². The predicted octanol–water partition coefficient (Wildman–Crippen LogP) is 2.68. The molecule has 2 rings (SSSR count). The molecule has 0 fully saturated rings. The zero-order valence-corrected chi connectivity index (χ0v) is 10.8. The first kappa shape index (κ1) is 13.6. The van der Waals surface area contributed by atoms with E-state index >= 15 is 0 Å². The zero-order valence-electron chi connectivity index (χ0n) is 10.8. The highest BCUT2D eigenvalue weighted by molar-refractivity contribution is 5.25. The highest BCUT2D eigenvalue weighted by atomic mass is 16.5. The van der Waals surface area contributed by atoms with Gasteiger partial charge in [-0.25, -0.2) is 0 Å². The van der Waals surface area contributed by atoms with Crippen LogP contribution in [0, 0.1) is 0 Å². The summed E-state index contributed by atoms with van der Waals surface area (Å²) < 4.78 is 10.6. The summed E-state index contributed by atoms with van der Waals surface area (Å²) in [6, 6.07) is 11.0. The van der Waals surface area contributed by atoms with Crippen LogP contribution < -0.4 is 5.32 Å². The van der Waals surface area contributed by atoms with Crippen molar-refractivity contribution in [1.82, 2.24) is 5.32 Å². The van der Waals surface area contributed by atoms with Crippen LogP contribution in [0.25, 0.3) is 0 Å². The van der Waals surface area contributed by atoms with E-state index in [1.165, 1.54) is 0 Å². The molecule has 4 heteroatoms. The fourth-order valence-corrected chi connectivity index (χ4v) is 1.71. The van der Waals surface area contributed by atoms with Gasteiger partial charge in [-0.2, -0.15) is 0 Å². The summed E-state index contributed by atoms with van der Waals surface area (Å²) in [6.45, 7) is 2.95. The number of nitrogens with one attached hydrogen (secondary N) is 1. The zero-order chi connectivity index (χ0) is 13.3. The molecule has 2 aromatic rings. The Labute approximate surface area is 113 Å². The largest absolute Gasteiger partial charge is 0.508 e. The molecule has 0 radical (unpaired) electrons. The summed E-state index contributed by atoms with van der Waals surface area (Å²) in [6.07, 6.45) is 2.61. The van der Waals surface area contributed by atoms with E-state index in [1.54, 1.807) is 18.4 Å². The Morgan fingerprint density at radius 3 is 2.74 bits per heavy atom. The molecule has 0 saturated heterocycles. The summed E-state index contributed by atoms with van der Waals surface area (Å²) >= 11 is 0. The maximum atomic E-state index is 9.16. The van der Waals surface area contributed by atoms with E-state index in [2.05, 4.69) is 5.32 Å². The van der Waals surface area contributed by atoms with Gasteiger partial charge in [-0.05, 0) is 42.8 Å². The van der Waals surface area contributed by atoms with Crippen LogP contribution in [0.4, 0.5) is 0 Å². The van der Waals surface area contributed by atoms with Gasteiger partial charge in [0.2, 0.25) is 0 Å². The van der Waals surface area contributed by atoms with Gasteiger partial charge >= 0.3 is 0 Å². The van der Waals surface area contributed by atoms with Gasteiger partial charge in [0.1, 0.15) is 18.1 Å². The minimum Gasteiger partial charge on any atom is -0.508 e. The van der Waals surface area contributed by atoms with Crippen molar-refractivity contribution in [2.45, 2.75) is 19.6 Å². The van der Waals surface area contributed by atoms with Gasteiger partial charge in [0.15, 0.2) is 0 Å². The molecule has 0 unspecified atom stereocenters. The summed E-state index contributed by atoms with van der Waals surface area (Å²) in [5, 5.41) is 12.5. The molecule has 4 nitrogen and oxygen atoms in total. The second-order valence-corrected chi connectivity index (χ2v) is 4.33. The number of hydrogen-bond acceptors (Lipinski definition) is 4. The first-order valence-electron chi connectivity index (χ1n) is 6.43. The predicted molar refractivity (Wildman–Crippen MR) is 72.8 cm³/mol. The second-order valence-electron chi connectivity index (χ2n) is 4.33. The quantitative estimate of drug-likeness (QED) is 0.717. The van der Waals surface area contributed by atoms with E-state index in [-0.39, 0.29) is 0 Å². The Kier molecular flexibility index (Phi) is 5.47. The van der Waals surface area contributed by atoms with Crippen LogP contribution in [-0.4, -0.2) is 18.3 Å². The Balaban J connectivity index is 1.49. The summed E-state index contributed by atoms with van der Waals surface area (Å²) in [5.41, 5.74) is 1.16. The molecule has 0 amide bonds. The van der Waals surface area contributed by atoms with Gasteiger partial charge in [0.25, 0.3) is 0 Å². The lowest BCUT2D eigenvalue weighted by Gasteiger charge is -2.05. The molecule has 0 saturated carbocycles. The Bertz CT molecular complexity index is 451. The van der Waals surface area contributed by atoms with Crippen LogP contribution in [-0.2, 0) is 17.9 Å². The lowest BCUT2D eigenvalue weighted by molar-refractivity contribution is 0.104. The maximum absolute atomic E-state index is 9.16. The fraction of sp³-hybridized carbons (Fsp3) is 0.333. The van der Waals surface area contributed by atoms with Crippen molar-refractivity contribution in [2.75, 3.05) is 13.2 Å². The van der Waals surface area contributed by atoms with Gasteiger partial charge in [-0.3, -0.25) is 0 Å². The third kappa shape index (κ3) is 5.16. The molecular formula is C15H19NO3. The summed E-state index contributed by atoms with van der Waals surface area (Å²) in [5.74, 6) is 1.16. The standard InChI is InChI=1S/C15H19NO3/c17-14-6-4-13(5-7-14)11-16-8-2-9-18-12-15-3-1-10-19-15/h1,3-7,10,16-17H,2,8-9,11-12H2. The van der Waals surface area contributed by atoms with Crippen molar-refractivity contribution < 1.29 is 14.3 Å². The topological polar surface area (TPSA) is 54.6 Å². The van der Waals surface area contributed by atoms with Crippen molar-refractivity contribution in [3.05, 3.63) is 54.0 Å². The van der Waals surface area contributed by atoms with Crippen LogP contribution in [0.15, 0.2) is 47.1 Å². The molecule has 0 aliphatic rings. The molecule has 0 aliphatic heterocycles. The molecule has 2 N–H and O–H groups in total. The van der Waals surface area contributed by atoms with Gasteiger partial charge in [-0.1, -0.05) is 12.1 Å². The number of furan rings is 1. The van der Waals surface area contributed by atoms with Crippen molar-refractivity contribution in [3.8, 4) is 5.75 Å². The first-order valence-corrected chi connectivity index (χ1v) is 6.43. The van der Waals surface area contributed by atoms with Crippen molar-refractivity contribution in [1.29, 1.82) is 0 Å². The summed E-state index contributed by atoms with van der Waals surface area (Å²) in [7, 11) is 0. The third-order valence-electron chi connectivity index (χ3n) is 2.73. The molecule has 1 aromatic carbocycles. The van der Waals surface area contributed by atoms with Crippen molar-refractivity contribution >= 4 is 0 Å². The third-order valence-corrected chi connectivity index (χ3v) is 2.73. The molecule has 102 valence electrons. The molecule has 0 atom stereocenters. The Morgan fingerprint density at radius 1 is 1.16 bits per heavy atom. The molecule has 1 heterocycles. The number of benzene rings is 1. The molecule has 0 aliphatic carbocycles. The number of ether oxygens (including phenoxy) is 1. The second kappa shape index (κ2) is 7.61. The number of phenols is 1. The lowest BCUT2D eigenvalue weighted by Crippen LogP contribution is -2.16. The lowest BCUT2D eigenvalue weighted by atomic mass is 10.2. The number of hydrogen-bond donors (Lipinski definition) is 2. The smallest absolute Gasteiger partial charge is 0.129 e. The van der Waals surface area contributed by atoms with Crippen molar-refractivity contribution in [2.24, 2.45) is 0 Å². The number of rotatable bonds is 8. The molecule has 0 spiro atoms. The Hall–Kier alpha value is -1.78. The highest BCUT2D eigenvalue weighted by Crippen LogP contribution is 2.09. The first-order chi connectivity index (χ1) is 9.34.